The molecule has 0 aliphatic carbocycles. The summed E-state index contributed by atoms with van der Waals surface area (Å²) in [6.07, 6.45) is 6.80. The zero-order valence-corrected chi connectivity index (χ0v) is 17.6. The van der Waals surface area contributed by atoms with Crippen molar-refractivity contribution in [2.45, 2.75) is 0 Å². The molecule has 0 saturated carbocycles. The van der Waals surface area contributed by atoms with Gasteiger partial charge in [-0.15, -0.1) is 0 Å². The van der Waals surface area contributed by atoms with E-state index in [-0.39, 0.29) is 28.4 Å². The molecule has 0 aliphatic heterocycles. The van der Waals surface area contributed by atoms with Crippen LogP contribution in [0.15, 0.2) is 74.3 Å². The summed E-state index contributed by atoms with van der Waals surface area (Å²) < 4.78 is 11.8. The molecule has 2 heterocycles. The van der Waals surface area contributed by atoms with Crippen LogP contribution < -0.4 is 5.43 Å². The normalized spacial score (nSPS) is 11.9. The second kappa shape index (κ2) is 8.22. The van der Waals surface area contributed by atoms with Gasteiger partial charge in [0.1, 0.15) is 22.7 Å². The van der Waals surface area contributed by atoms with E-state index in [9.17, 15) is 25.2 Å². The average molecular weight is 454 g/mol. The topological polar surface area (TPSA) is 124 Å². The van der Waals surface area contributed by atoms with E-state index in [1.165, 1.54) is 36.4 Å². The SMILES string of the molecule is O=c1cc2oc(/C=C/c3ccc(O)c(O)c3)cc3cc(/C=C/c4ccc(O)c(O)c4)oc(c1)c32. The van der Waals surface area contributed by atoms with Crippen molar-refractivity contribution in [1.82, 2.24) is 0 Å². The number of benzene rings is 3. The molecular formula is C27H18O7. The van der Waals surface area contributed by atoms with Gasteiger partial charge in [-0.2, -0.15) is 0 Å². The van der Waals surface area contributed by atoms with E-state index in [4.69, 9.17) is 8.83 Å². The van der Waals surface area contributed by atoms with Crippen LogP contribution in [0.2, 0.25) is 0 Å². The van der Waals surface area contributed by atoms with Crippen LogP contribution in [-0.4, -0.2) is 20.4 Å². The molecule has 5 aromatic rings. The van der Waals surface area contributed by atoms with E-state index < -0.39 is 0 Å². The summed E-state index contributed by atoms with van der Waals surface area (Å²) in [5.74, 6) is 0.0631. The molecule has 0 amide bonds. The van der Waals surface area contributed by atoms with Gasteiger partial charge in [0.2, 0.25) is 0 Å². The van der Waals surface area contributed by atoms with E-state index in [0.717, 1.165) is 5.39 Å². The third-order valence-corrected chi connectivity index (χ3v) is 5.26. The lowest BCUT2D eigenvalue weighted by molar-refractivity contribution is 0.403. The third-order valence-electron chi connectivity index (χ3n) is 5.26. The minimum atomic E-state index is -0.268. The summed E-state index contributed by atoms with van der Waals surface area (Å²) >= 11 is 0. The first-order valence-electron chi connectivity index (χ1n) is 10.3. The van der Waals surface area contributed by atoms with Gasteiger partial charge in [-0.25, -0.2) is 0 Å². The molecule has 0 saturated heterocycles. The maximum absolute atomic E-state index is 12.2. The van der Waals surface area contributed by atoms with Crippen LogP contribution >= 0.6 is 0 Å². The highest BCUT2D eigenvalue weighted by atomic mass is 16.3. The Morgan fingerprint density at radius 3 is 1.47 bits per heavy atom. The standard InChI is InChI=1S/C27H18O7/c28-18-13-25-27-17(11-19(33-25)5-1-15-3-7-21(29)23(31)9-15)12-20(34-26(27)14-18)6-2-16-4-8-22(30)24(32)10-16/h1-14,29-32H/b5-1+,6-2+. The van der Waals surface area contributed by atoms with Crippen LogP contribution in [0.25, 0.3) is 46.2 Å². The Morgan fingerprint density at radius 1 is 0.559 bits per heavy atom. The number of rotatable bonds is 4. The van der Waals surface area contributed by atoms with Crippen molar-refractivity contribution in [2.75, 3.05) is 0 Å². The molecule has 0 spiro atoms. The summed E-state index contributed by atoms with van der Waals surface area (Å²) in [4.78, 5) is 12.2. The van der Waals surface area contributed by atoms with Crippen molar-refractivity contribution in [1.29, 1.82) is 0 Å². The average Bonchev–Trinajstić information content (AvgIpc) is 2.80. The summed E-state index contributed by atoms with van der Waals surface area (Å²) in [6, 6.07) is 15.3. The molecule has 7 nitrogen and oxygen atoms in total. The molecule has 4 N–H and O–H groups in total. The van der Waals surface area contributed by atoms with Gasteiger partial charge in [-0.3, -0.25) is 4.79 Å². The van der Waals surface area contributed by atoms with Gasteiger partial charge >= 0.3 is 0 Å². The van der Waals surface area contributed by atoms with Crippen LogP contribution in [0, 0.1) is 0 Å². The Hall–Kier alpha value is -4.91. The van der Waals surface area contributed by atoms with Gasteiger partial charge in [0.15, 0.2) is 28.4 Å². The molecule has 0 fully saturated rings. The number of phenols is 4. The van der Waals surface area contributed by atoms with Crippen molar-refractivity contribution in [2.24, 2.45) is 0 Å². The van der Waals surface area contributed by atoms with Crippen molar-refractivity contribution in [3.8, 4) is 23.0 Å². The van der Waals surface area contributed by atoms with Gasteiger partial charge in [0, 0.05) is 12.1 Å². The molecule has 0 aliphatic rings. The van der Waals surface area contributed by atoms with E-state index >= 15 is 0 Å². The summed E-state index contributed by atoms with van der Waals surface area (Å²) in [5, 5.41) is 39.8. The zero-order chi connectivity index (χ0) is 23.8. The fourth-order valence-corrected chi connectivity index (χ4v) is 3.63. The summed E-state index contributed by atoms with van der Waals surface area (Å²) in [6.45, 7) is 0. The zero-order valence-electron chi connectivity index (χ0n) is 17.6. The summed E-state index contributed by atoms with van der Waals surface area (Å²) in [7, 11) is 0. The molecule has 2 aromatic heterocycles. The largest absolute Gasteiger partial charge is 0.504 e. The molecule has 0 radical (unpaired) electrons. The molecule has 0 bridgehead atoms. The number of hydrogen-bond donors (Lipinski definition) is 4. The highest BCUT2D eigenvalue weighted by molar-refractivity contribution is 6.06. The molecule has 168 valence electrons. The smallest absolute Gasteiger partial charge is 0.186 e. The van der Waals surface area contributed by atoms with Crippen LogP contribution in [0.1, 0.15) is 22.6 Å². The van der Waals surface area contributed by atoms with Crippen LogP contribution in [0.4, 0.5) is 0 Å². The highest BCUT2D eigenvalue weighted by Crippen LogP contribution is 2.31. The fraction of sp³-hybridized carbons (Fsp3) is 0. The predicted molar refractivity (Wildman–Crippen MR) is 130 cm³/mol. The lowest BCUT2D eigenvalue weighted by Gasteiger charge is -2.07. The first-order valence-corrected chi connectivity index (χ1v) is 10.3. The van der Waals surface area contributed by atoms with Crippen molar-refractivity contribution < 1.29 is 29.3 Å². The maximum atomic E-state index is 12.2. The Labute approximate surface area is 192 Å². The first kappa shape index (κ1) is 21.0. The lowest BCUT2D eigenvalue weighted by atomic mass is 10.1. The van der Waals surface area contributed by atoms with Crippen molar-refractivity contribution in [3.63, 3.8) is 0 Å². The van der Waals surface area contributed by atoms with E-state index in [0.29, 0.717) is 39.2 Å². The quantitative estimate of drug-likeness (QED) is 0.257. The maximum Gasteiger partial charge on any atom is 0.186 e. The number of aromatic hydroxyl groups is 4. The molecular weight excluding hydrogens is 436 g/mol. The minimum absolute atomic E-state index is 0.208. The predicted octanol–water partition coefficient (Wildman–Crippen LogP) is 5.70. The van der Waals surface area contributed by atoms with E-state index in [1.54, 1.807) is 48.6 Å². The van der Waals surface area contributed by atoms with Gasteiger partial charge in [0.05, 0.1) is 5.39 Å². The Kier molecular flexibility index (Phi) is 5.07. The molecule has 5 rings (SSSR count). The second-order valence-electron chi connectivity index (χ2n) is 7.71. The van der Waals surface area contributed by atoms with Crippen molar-refractivity contribution in [3.05, 3.63) is 93.5 Å². The highest BCUT2D eigenvalue weighted by Gasteiger charge is 2.11. The molecule has 7 heteroatoms. The first-order chi connectivity index (χ1) is 16.4. The van der Waals surface area contributed by atoms with Crippen LogP contribution in [0.5, 0.6) is 23.0 Å². The Balaban J connectivity index is 1.58. The molecule has 3 aromatic carbocycles. The van der Waals surface area contributed by atoms with Gasteiger partial charge in [-0.05, 0) is 65.1 Å². The fourth-order valence-electron chi connectivity index (χ4n) is 3.63. The summed E-state index contributed by atoms with van der Waals surface area (Å²) in [5.41, 5.74) is 1.77. The Bertz CT molecular complexity index is 1550. The van der Waals surface area contributed by atoms with E-state index in [2.05, 4.69) is 0 Å². The molecule has 0 unspecified atom stereocenters. The van der Waals surface area contributed by atoms with Crippen LogP contribution in [0.3, 0.4) is 0 Å². The lowest BCUT2D eigenvalue weighted by Crippen LogP contribution is -1.97. The number of phenolic OH excluding ortho intramolecular Hbond substituents is 4. The Morgan fingerprint density at radius 2 is 1.03 bits per heavy atom. The van der Waals surface area contributed by atoms with E-state index in [1.807, 2.05) is 0 Å². The molecule has 0 atom stereocenters. The second-order valence-corrected chi connectivity index (χ2v) is 7.71. The molecule has 34 heavy (non-hydrogen) atoms. The van der Waals surface area contributed by atoms with Crippen LogP contribution in [-0.2, 0) is 0 Å². The monoisotopic (exact) mass is 454 g/mol. The van der Waals surface area contributed by atoms with Gasteiger partial charge in [-0.1, -0.05) is 24.3 Å². The number of hydrogen-bond acceptors (Lipinski definition) is 7. The minimum Gasteiger partial charge on any atom is -0.504 e. The van der Waals surface area contributed by atoms with Gasteiger partial charge < -0.3 is 29.3 Å². The van der Waals surface area contributed by atoms with Gasteiger partial charge in [0.25, 0.3) is 0 Å². The third kappa shape index (κ3) is 4.10. The van der Waals surface area contributed by atoms with Crippen molar-refractivity contribution >= 4 is 46.2 Å².